The Morgan fingerprint density at radius 3 is 1.96 bits per heavy atom. The fraction of sp³-hybridized carbons (Fsp3) is 0.174. The van der Waals surface area contributed by atoms with E-state index in [1.54, 1.807) is 0 Å². The van der Waals surface area contributed by atoms with Crippen LogP contribution in [0, 0.1) is 0 Å². The molecule has 0 aliphatic carbocycles. The average Bonchev–Trinajstić information content (AvgIpc) is 2.69. The number of nitrogens with one attached hydrogen (secondary N) is 1. The van der Waals surface area contributed by atoms with Crippen molar-refractivity contribution in [3.63, 3.8) is 0 Å². The van der Waals surface area contributed by atoms with Crippen LogP contribution in [0.1, 0.15) is 5.56 Å². The third-order valence-corrected chi connectivity index (χ3v) is 4.34. The number of hydrogen-bond donors (Lipinski definition) is 1. The van der Waals surface area contributed by atoms with Crippen LogP contribution in [0.5, 0.6) is 0 Å². The zero-order valence-electron chi connectivity index (χ0n) is 15.8. The zero-order chi connectivity index (χ0) is 19.1. The predicted octanol–water partition coefficient (Wildman–Crippen LogP) is 4.40. The maximum Gasteiger partial charge on any atom is 0.243 e. The smallest absolute Gasteiger partial charge is 0.243 e. The fourth-order valence-corrected chi connectivity index (χ4v) is 2.90. The molecule has 0 aliphatic heterocycles. The zero-order valence-corrected chi connectivity index (χ0v) is 15.8. The molecular formula is C23H25N3O. The predicted molar refractivity (Wildman–Crippen MR) is 113 cm³/mol. The second-order valence-corrected chi connectivity index (χ2v) is 6.67. The van der Waals surface area contributed by atoms with E-state index in [0.717, 1.165) is 17.1 Å². The van der Waals surface area contributed by atoms with E-state index in [4.69, 9.17) is 0 Å². The molecular weight excluding hydrogens is 334 g/mol. The fourth-order valence-electron chi connectivity index (χ4n) is 2.90. The van der Waals surface area contributed by atoms with Crippen LogP contribution in [0.4, 0.5) is 17.1 Å². The molecule has 1 N–H and O–H groups in total. The van der Waals surface area contributed by atoms with Gasteiger partial charge in [0.05, 0.1) is 6.54 Å². The van der Waals surface area contributed by atoms with Crippen LogP contribution >= 0.6 is 0 Å². The molecule has 0 radical (unpaired) electrons. The molecule has 0 fully saturated rings. The quantitative estimate of drug-likeness (QED) is 0.679. The van der Waals surface area contributed by atoms with Crippen LogP contribution in [-0.4, -0.2) is 26.5 Å². The van der Waals surface area contributed by atoms with Gasteiger partial charge >= 0.3 is 0 Å². The summed E-state index contributed by atoms with van der Waals surface area (Å²) in [6, 6.07) is 28.1. The summed E-state index contributed by atoms with van der Waals surface area (Å²) >= 11 is 0. The summed E-state index contributed by atoms with van der Waals surface area (Å²) in [5, 5.41) is 2.99. The standard InChI is InChI=1S/C23H25N3O/c1-25(2)21-15-13-20(14-16-21)24-23(27)18-26(22-11-7-4-8-12-22)17-19-9-5-3-6-10-19/h3-16H,17-18H2,1-2H3,(H,24,27). The van der Waals surface area contributed by atoms with Gasteiger partial charge in [0, 0.05) is 37.7 Å². The van der Waals surface area contributed by atoms with Gasteiger partial charge in [0.25, 0.3) is 0 Å². The van der Waals surface area contributed by atoms with Crippen molar-refractivity contribution in [3.8, 4) is 0 Å². The highest BCUT2D eigenvalue weighted by molar-refractivity contribution is 5.94. The number of amides is 1. The first-order chi connectivity index (χ1) is 13.1. The van der Waals surface area contributed by atoms with Crippen molar-refractivity contribution in [1.82, 2.24) is 0 Å². The molecule has 0 spiro atoms. The van der Waals surface area contributed by atoms with Crippen molar-refractivity contribution >= 4 is 23.0 Å². The molecule has 3 aromatic rings. The van der Waals surface area contributed by atoms with Gasteiger partial charge < -0.3 is 15.1 Å². The molecule has 0 heterocycles. The summed E-state index contributed by atoms with van der Waals surface area (Å²) < 4.78 is 0. The lowest BCUT2D eigenvalue weighted by molar-refractivity contribution is -0.115. The maximum atomic E-state index is 12.6. The van der Waals surface area contributed by atoms with Gasteiger partial charge in [0.15, 0.2) is 0 Å². The molecule has 0 saturated carbocycles. The highest BCUT2D eigenvalue weighted by atomic mass is 16.2. The first-order valence-electron chi connectivity index (χ1n) is 9.03. The number of hydrogen-bond acceptors (Lipinski definition) is 3. The minimum atomic E-state index is -0.0348. The SMILES string of the molecule is CN(C)c1ccc(NC(=O)CN(Cc2ccccc2)c2ccccc2)cc1. The Hall–Kier alpha value is -3.27. The van der Waals surface area contributed by atoms with Gasteiger partial charge in [-0.3, -0.25) is 4.79 Å². The van der Waals surface area contributed by atoms with Crippen LogP contribution < -0.4 is 15.1 Å². The van der Waals surface area contributed by atoms with Crippen LogP contribution in [-0.2, 0) is 11.3 Å². The van der Waals surface area contributed by atoms with Crippen molar-refractivity contribution in [3.05, 3.63) is 90.5 Å². The van der Waals surface area contributed by atoms with Gasteiger partial charge in [-0.05, 0) is 42.0 Å². The number of rotatable bonds is 7. The normalized spacial score (nSPS) is 10.3. The average molecular weight is 359 g/mol. The monoisotopic (exact) mass is 359 g/mol. The van der Waals surface area contributed by atoms with E-state index in [2.05, 4.69) is 22.3 Å². The molecule has 0 saturated heterocycles. The third kappa shape index (κ3) is 5.35. The Bertz CT molecular complexity index is 846. The number of carbonyl (C=O) groups is 1. The van der Waals surface area contributed by atoms with Crippen LogP contribution in [0.25, 0.3) is 0 Å². The van der Waals surface area contributed by atoms with E-state index in [-0.39, 0.29) is 12.5 Å². The third-order valence-electron chi connectivity index (χ3n) is 4.34. The summed E-state index contributed by atoms with van der Waals surface area (Å²) in [6.07, 6.45) is 0. The number of nitrogens with zero attached hydrogens (tertiary/aromatic N) is 2. The van der Waals surface area contributed by atoms with E-state index in [0.29, 0.717) is 6.54 Å². The molecule has 0 bridgehead atoms. The van der Waals surface area contributed by atoms with E-state index in [1.165, 1.54) is 5.56 Å². The Balaban J connectivity index is 1.70. The van der Waals surface area contributed by atoms with Gasteiger partial charge in [-0.2, -0.15) is 0 Å². The van der Waals surface area contributed by atoms with E-state index in [1.807, 2.05) is 91.8 Å². The summed E-state index contributed by atoms with van der Waals surface area (Å²) in [5.74, 6) is -0.0348. The molecule has 4 heteroatoms. The molecule has 27 heavy (non-hydrogen) atoms. The summed E-state index contributed by atoms with van der Waals surface area (Å²) in [6.45, 7) is 0.964. The topological polar surface area (TPSA) is 35.6 Å². The molecule has 3 aromatic carbocycles. The number of para-hydroxylation sites is 1. The van der Waals surface area contributed by atoms with E-state index < -0.39 is 0 Å². The summed E-state index contributed by atoms with van der Waals surface area (Å²) in [5.41, 5.74) is 4.10. The first kappa shape index (κ1) is 18.5. The summed E-state index contributed by atoms with van der Waals surface area (Å²) in [4.78, 5) is 16.8. The number of anilines is 3. The Kier molecular flexibility index (Phi) is 6.10. The van der Waals surface area contributed by atoms with Gasteiger partial charge in [0.1, 0.15) is 0 Å². The van der Waals surface area contributed by atoms with E-state index >= 15 is 0 Å². The number of carbonyl (C=O) groups excluding carboxylic acids is 1. The molecule has 0 unspecified atom stereocenters. The molecule has 138 valence electrons. The second-order valence-electron chi connectivity index (χ2n) is 6.67. The van der Waals surface area contributed by atoms with Crippen LogP contribution in [0.15, 0.2) is 84.9 Å². The van der Waals surface area contributed by atoms with Gasteiger partial charge in [-0.15, -0.1) is 0 Å². The largest absolute Gasteiger partial charge is 0.378 e. The highest BCUT2D eigenvalue weighted by Crippen LogP contribution is 2.18. The van der Waals surface area contributed by atoms with Crippen molar-refractivity contribution < 1.29 is 4.79 Å². The molecule has 4 nitrogen and oxygen atoms in total. The molecule has 0 aromatic heterocycles. The lowest BCUT2D eigenvalue weighted by atomic mass is 10.2. The summed E-state index contributed by atoms with van der Waals surface area (Å²) in [7, 11) is 3.99. The van der Waals surface area contributed by atoms with Crippen LogP contribution in [0.2, 0.25) is 0 Å². The Labute approximate surface area is 161 Å². The van der Waals surface area contributed by atoms with Gasteiger partial charge in [-0.1, -0.05) is 48.5 Å². The minimum Gasteiger partial charge on any atom is -0.378 e. The molecule has 0 aliphatic rings. The van der Waals surface area contributed by atoms with Crippen molar-refractivity contribution in [2.75, 3.05) is 35.8 Å². The number of benzene rings is 3. The van der Waals surface area contributed by atoms with Crippen molar-refractivity contribution in [2.45, 2.75) is 6.54 Å². The van der Waals surface area contributed by atoms with Crippen molar-refractivity contribution in [1.29, 1.82) is 0 Å². The Morgan fingerprint density at radius 1 is 0.778 bits per heavy atom. The Morgan fingerprint density at radius 2 is 1.37 bits per heavy atom. The van der Waals surface area contributed by atoms with Gasteiger partial charge in [0.2, 0.25) is 5.91 Å². The molecule has 0 atom stereocenters. The molecule has 1 amide bonds. The minimum absolute atomic E-state index is 0.0348. The van der Waals surface area contributed by atoms with E-state index in [9.17, 15) is 4.79 Å². The van der Waals surface area contributed by atoms with Crippen molar-refractivity contribution in [2.24, 2.45) is 0 Å². The lowest BCUT2D eigenvalue weighted by Crippen LogP contribution is -2.32. The van der Waals surface area contributed by atoms with Crippen LogP contribution in [0.3, 0.4) is 0 Å². The maximum absolute atomic E-state index is 12.6. The molecule has 3 rings (SSSR count). The second kappa shape index (κ2) is 8.90. The van der Waals surface area contributed by atoms with Gasteiger partial charge in [-0.25, -0.2) is 0 Å². The lowest BCUT2D eigenvalue weighted by Gasteiger charge is -2.24. The first-order valence-corrected chi connectivity index (χ1v) is 9.03. The highest BCUT2D eigenvalue weighted by Gasteiger charge is 2.12.